The maximum absolute atomic E-state index is 11.6. The third kappa shape index (κ3) is 1.89. The van der Waals surface area contributed by atoms with Gasteiger partial charge in [0.1, 0.15) is 5.75 Å². The van der Waals surface area contributed by atoms with Crippen molar-refractivity contribution >= 4 is 17.5 Å². The van der Waals surface area contributed by atoms with E-state index in [1.807, 2.05) is 0 Å². The van der Waals surface area contributed by atoms with Gasteiger partial charge in [-0.15, -0.1) is 0 Å². The van der Waals surface area contributed by atoms with Crippen LogP contribution in [0.25, 0.3) is 0 Å². The van der Waals surface area contributed by atoms with Gasteiger partial charge in [-0.1, -0.05) is 12.1 Å². The minimum Gasteiger partial charge on any atom is -0.506 e. The van der Waals surface area contributed by atoms with Crippen molar-refractivity contribution in [3.05, 3.63) is 23.8 Å². The second kappa shape index (κ2) is 4.18. The summed E-state index contributed by atoms with van der Waals surface area (Å²) in [7, 11) is 0. The highest BCUT2D eigenvalue weighted by molar-refractivity contribution is 6.20. The summed E-state index contributed by atoms with van der Waals surface area (Å²) in [5.74, 6) is -0.871. The molecule has 1 aliphatic heterocycles. The van der Waals surface area contributed by atoms with Crippen molar-refractivity contribution in [2.75, 3.05) is 4.90 Å². The van der Waals surface area contributed by atoms with E-state index in [0.29, 0.717) is 5.56 Å². The van der Waals surface area contributed by atoms with Crippen molar-refractivity contribution in [2.45, 2.75) is 25.9 Å². The number of hydrogen-bond acceptors (Lipinski definition) is 4. The zero-order valence-corrected chi connectivity index (χ0v) is 9.38. The number of carbonyl (C=O) groups is 2. The molecular weight excluding hydrogens is 222 g/mol. The lowest BCUT2D eigenvalue weighted by molar-refractivity contribution is -0.121. The van der Waals surface area contributed by atoms with Crippen LogP contribution in [0.5, 0.6) is 5.75 Å². The summed E-state index contributed by atoms with van der Waals surface area (Å²) in [5.41, 5.74) is 0.476. The Labute approximate surface area is 98.3 Å². The van der Waals surface area contributed by atoms with Gasteiger partial charge in [-0.3, -0.25) is 9.59 Å². The van der Waals surface area contributed by atoms with Gasteiger partial charge in [0.2, 0.25) is 11.8 Å². The third-order valence-electron chi connectivity index (χ3n) is 2.77. The van der Waals surface area contributed by atoms with E-state index in [0.717, 1.165) is 4.90 Å². The topological polar surface area (TPSA) is 77.8 Å². The van der Waals surface area contributed by atoms with Crippen LogP contribution in [0, 0.1) is 0 Å². The largest absolute Gasteiger partial charge is 0.506 e. The Morgan fingerprint density at radius 2 is 1.82 bits per heavy atom. The number of carbonyl (C=O) groups excluding carboxylic acids is 2. The molecule has 0 bridgehead atoms. The summed E-state index contributed by atoms with van der Waals surface area (Å²) < 4.78 is 0. The molecule has 5 nitrogen and oxygen atoms in total. The highest BCUT2D eigenvalue weighted by Gasteiger charge is 2.34. The Morgan fingerprint density at radius 3 is 2.35 bits per heavy atom. The number of phenols is 1. The first-order valence-electron chi connectivity index (χ1n) is 5.38. The number of para-hydroxylation sites is 1. The average Bonchev–Trinajstić information content (AvgIpc) is 2.59. The number of phenolic OH excluding ortho intramolecular Hbond substituents is 1. The van der Waals surface area contributed by atoms with Crippen LogP contribution >= 0.6 is 0 Å². The minimum absolute atomic E-state index is 0.106. The maximum atomic E-state index is 11.6. The molecule has 1 aromatic rings. The molecule has 0 spiro atoms. The summed E-state index contributed by atoms with van der Waals surface area (Å²) in [6.45, 7) is 1.52. The van der Waals surface area contributed by atoms with E-state index in [1.165, 1.54) is 13.0 Å². The van der Waals surface area contributed by atoms with Crippen LogP contribution in [-0.2, 0) is 9.59 Å². The fourth-order valence-electron chi connectivity index (χ4n) is 1.96. The molecule has 2 rings (SSSR count). The maximum Gasteiger partial charge on any atom is 0.234 e. The molecule has 1 aliphatic rings. The van der Waals surface area contributed by atoms with Gasteiger partial charge in [0.05, 0.1) is 11.8 Å². The van der Waals surface area contributed by atoms with Gasteiger partial charge in [-0.2, -0.15) is 0 Å². The first-order valence-corrected chi connectivity index (χ1v) is 5.38. The van der Waals surface area contributed by atoms with Crippen molar-refractivity contribution in [1.82, 2.24) is 0 Å². The molecule has 1 unspecified atom stereocenters. The van der Waals surface area contributed by atoms with E-state index in [9.17, 15) is 19.8 Å². The van der Waals surface area contributed by atoms with Gasteiger partial charge >= 0.3 is 0 Å². The van der Waals surface area contributed by atoms with Gasteiger partial charge in [0.25, 0.3) is 0 Å². The number of aliphatic hydroxyl groups excluding tert-OH is 1. The van der Waals surface area contributed by atoms with Crippen LogP contribution < -0.4 is 4.90 Å². The molecule has 1 saturated heterocycles. The number of rotatable bonds is 2. The molecule has 17 heavy (non-hydrogen) atoms. The van der Waals surface area contributed by atoms with E-state index in [4.69, 9.17) is 0 Å². The van der Waals surface area contributed by atoms with Gasteiger partial charge in [0.15, 0.2) is 0 Å². The van der Waals surface area contributed by atoms with Crippen LogP contribution in [-0.4, -0.2) is 22.0 Å². The Morgan fingerprint density at radius 1 is 1.24 bits per heavy atom. The Hall–Kier alpha value is -1.88. The van der Waals surface area contributed by atoms with E-state index < -0.39 is 6.10 Å². The van der Waals surface area contributed by atoms with E-state index in [2.05, 4.69) is 0 Å². The van der Waals surface area contributed by atoms with Gasteiger partial charge in [-0.05, 0) is 13.0 Å². The van der Waals surface area contributed by atoms with Crippen LogP contribution in [0.15, 0.2) is 18.2 Å². The standard InChI is InChI=1S/C12H13NO4/c1-7(14)8-3-2-4-9(15)12(8)13-10(16)5-6-11(13)17/h2-4,7,14-15H,5-6H2,1H3. The second-order valence-electron chi connectivity index (χ2n) is 4.01. The molecular formula is C12H13NO4. The molecule has 2 amide bonds. The molecule has 5 heteroatoms. The van der Waals surface area contributed by atoms with Gasteiger partial charge in [-0.25, -0.2) is 4.90 Å². The molecule has 0 aliphatic carbocycles. The fraction of sp³-hybridized carbons (Fsp3) is 0.333. The molecule has 1 aromatic carbocycles. The molecule has 1 fully saturated rings. The molecule has 0 radical (unpaired) electrons. The van der Waals surface area contributed by atoms with Crippen molar-refractivity contribution in [3.8, 4) is 5.75 Å². The summed E-state index contributed by atoms with van der Waals surface area (Å²) in [5, 5.41) is 19.4. The van der Waals surface area contributed by atoms with Crippen molar-refractivity contribution in [3.63, 3.8) is 0 Å². The van der Waals surface area contributed by atoms with Gasteiger partial charge < -0.3 is 10.2 Å². The van der Waals surface area contributed by atoms with Crippen LogP contribution in [0.4, 0.5) is 5.69 Å². The number of anilines is 1. The first kappa shape index (κ1) is 11.6. The summed E-state index contributed by atoms with van der Waals surface area (Å²) >= 11 is 0. The van der Waals surface area contributed by atoms with Crippen molar-refractivity contribution < 1.29 is 19.8 Å². The third-order valence-corrected chi connectivity index (χ3v) is 2.77. The smallest absolute Gasteiger partial charge is 0.234 e. The number of amides is 2. The van der Waals surface area contributed by atoms with Crippen LogP contribution in [0.2, 0.25) is 0 Å². The second-order valence-corrected chi connectivity index (χ2v) is 4.01. The minimum atomic E-state index is -0.863. The summed E-state index contributed by atoms with van der Waals surface area (Å²) in [4.78, 5) is 24.2. The zero-order chi connectivity index (χ0) is 12.6. The van der Waals surface area contributed by atoms with E-state index in [-0.39, 0.29) is 36.1 Å². The molecule has 90 valence electrons. The predicted molar refractivity (Wildman–Crippen MR) is 60.5 cm³/mol. The number of aromatic hydroxyl groups is 1. The lowest BCUT2D eigenvalue weighted by atomic mass is 10.1. The summed E-state index contributed by atoms with van der Waals surface area (Å²) in [6, 6.07) is 4.53. The Balaban J connectivity index is 2.57. The number of imide groups is 1. The highest BCUT2D eigenvalue weighted by atomic mass is 16.3. The van der Waals surface area contributed by atoms with E-state index in [1.54, 1.807) is 12.1 Å². The van der Waals surface area contributed by atoms with Crippen LogP contribution in [0.3, 0.4) is 0 Å². The predicted octanol–water partition coefficient (Wildman–Crippen LogP) is 1.10. The lowest BCUT2D eigenvalue weighted by Gasteiger charge is -2.20. The number of benzene rings is 1. The summed E-state index contributed by atoms with van der Waals surface area (Å²) in [6.07, 6.45) is -0.572. The zero-order valence-electron chi connectivity index (χ0n) is 9.38. The van der Waals surface area contributed by atoms with E-state index >= 15 is 0 Å². The first-order chi connectivity index (χ1) is 8.02. The number of nitrogens with zero attached hydrogens (tertiary/aromatic N) is 1. The Kier molecular flexibility index (Phi) is 2.85. The molecule has 0 saturated carbocycles. The quantitative estimate of drug-likeness (QED) is 0.752. The van der Waals surface area contributed by atoms with Gasteiger partial charge in [0, 0.05) is 18.4 Å². The highest BCUT2D eigenvalue weighted by Crippen LogP contribution is 2.37. The van der Waals surface area contributed by atoms with Crippen molar-refractivity contribution in [1.29, 1.82) is 0 Å². The number of aliphatic hydroxyl groups is 1. The molecule has 1 heterocycles. The molecule has 2 N–H and O–H groups in total. The van der Waals surface area contributed by atoms with Crippen LogP contribution in [0.1, 0.15) is 31.4 Å². The molecule has 1 atom stereocenters. The number of hydrogen-bond donors (Lipinski definition) is 2. The fourth-order valence-corrected chi connectivity index (χ4v) is 1.96. The SMILES string of the molecule is CC(O)c1cccc(O)c1N1C(=O)CCC1=O. The average molecular weight is 235 g/mol. The normalized spacial score (nSPS) is 17.6. The lowest BCUT2D eigenvalue weighted by Crippen LogP contribution is -2.29. The monoisotopic (exact) mass is 235 g/mol. The molecule has 0 aromatic heterocycles. The van der Waals surface area contributed by atoms with Crippen molar-refractivity contribution in [2.24, 2.45) is 0 Å². The Bertz CT molecular complexity index is 465.